The van der Waals surface area contributed by atoms with Crippen LogP contribution in [-0.2, 0) is 4.79 Å². The number of halogens is 3. The molecule has 2 atom stereocenters. The number of methoxy groups -OCH3 is 1. The van der Waals surface area contributed by atoms with Crippen molar-refractivity contribution in [1.29, 1.82) is 0 Å². The van der Waals surface area contributed by atoms with Crippen LogP contribution in [0.5, 0.6) is 17.2 Å². The number of carbonyl (C=O) groups excluding carboxylic acids is 1. The van der Waals surface area contributed by atoms with E-state index in [0.717, 1.165) is 0 Å². The quantitative estimate of drug-likeness (QED) is 0.504. The summed E-state index contributed by atoms with van der Waals surface area (Å²) in [5.41, 5.74) is -0.0600. The molecule has 1 unspecified atom stereocenters. The van der Waals surface area contributed by atoms with Crippen molar-refractivity contribution >= 4 is 11.7 Å². The smallest absolute Gasteiger partial charge is 0.257 e. The summed E-state index contributed by atoms with van der Waals surface area (Å²) in [4.78, 5) is 32.4. The monoisotopic (exact) mass is 502 g/mol. The van der Waals surface area contributed by atoms with Crippen LogP contribution in [0.4, 0.5) is 19.0 Å². The van der Waals surface area contributed by atoms with E-state index in [1.807, 2.05) is 0 Å². The minimum Gasteiger partial charge on any atom is -0.493 e. The summed E-state index contributed by atoms with van der Waals surface area (Å²) in [7, 11) is 1.39. The predicted molar refractivity (Wildman–Crippen MR) is 126 cm³/mol. The minimum absolute atomic E-state index is 0.0428. The molecule has 0 radical (unpaired) electrons. The number of aromatic amines is 1. The third kappa shape index (κ3) is 5.68. The van der Waals surface area contributed by atoms with E-state index in [4.69, 9.17) is 9.47 Å². The lowest BCUT2D eigenvalue weighted by atomic mass is 9.87. The number of hydrogen-bond donors (Lipinski definition) is 2. The summed E-state index contributed by atoms with van der Waals surface area (Å²) in [6.07, 6.45) is 2.27. The largest absolute Gasteiger partial charge is 0.493 e. The van der Waals surface area contributed by atoms with E-state index in [2.05, 4.69) is 15.3 Å². The zero-order valence-corrected chi connectivity index (χ0v) is 19.6. The zero-order chi connectivity index (χ0) is 25.9. The lowest BCUT2D eigenvalue weighted by Gasteiger charge is -2.40. The summed E-state index contributed by atoms with van der Waals surface area (Å²) >= 11 is 0. The Morgan fingerprint density at radius 2 is 2.03 bits per heavy atom. The van der Waals surface area contributed by atoms with Gasteiger partial charge in [-0.15, -0.1) is 0 Å². The zero-order valence-electron chi connectivity index (χ0n) is 19.6. The molecule has 8 nitrogen and oxygen atoms in total. The van der Waals surface area contributed by atoms with Crippen molar-refractivity contribution in [2.24, 2.45) is 0 Å². The standard InChI is InChI=1S/C25H25F3N4O4/c1-15(32-10-9-25(27,28)19(14-32)16-3-8-23(33)30-12-16)24(34)31-22-7-5-18(13-29-22)36-20-6-4-17(26)11-21(20)35-2/h3-8,11-13,15,19H,9-10,14H2,1-2H3,(H,30,33)(H,29,31,34)/t15?,19-/m1/s1. The average Bonchev–Trinajstić information content (AvgIpc) is 2.86. The van der Waals surface area contributed by atoms with Gasteiger partial charge in [0.05, 0.1) is 25.3 Å². The van der Waals surface area contributed by atoms with Crippen molar-refractivity contribution in [2.45, 2.75) is 31.2 Å². The number of nitrogens with one attached hydrogen (secondary N) is 2. The molecular formula is C25H25F3N4O4. The molecular weight excluding hydrogens is 477 g/mol. The number of anilines is 1. The maximum Gasteiger partial charge on any atom is 0.257 e. The van der Waals surface area contributed by atoms with Crippen LogP contribution in [0, 0.1) is 5.82 Å². The summed E-state index contributed by atoms with van der Waals surface area (Å²) in [5, 5.41) is 2.69. The Balaban J connectivity index is 1.39. The van der Waals surface area contributed by atoms with E-state index in [-0.39, 0.29) is 30.2 Å². The average molecular weight is 502 g/mol. The fraction of sp³-hybridized carbons (Fsp3) is 0.320. The number of pyridine rings is 2. The number of rotatable bonds is 7. The summed E-state index contributed by atoms with van der Waals surface area (Å²) in [6.45, 7) is 1.63. The molecule has 1 aromatic carbocycles. The number of benzene rings is 1. The maximum absolute atomic E-state index is 14.6. The number of likely N-dealkylation sites (tertiary alicyclic amines) is 1. The van der Waals surface area contributed by atoms with Gasteiger partial charge in [-0.05, 0) is 36.8 Å². The van der Waals surface area contributed by atoms with Crippen LogP contribution < -0.4 is 20.3 Å². The van der Waals surface area contributed by atoms with Gasteiger partial charge >= 0.3 is 0 Å². The molecule has 36 heavy (non-hydrogen) atoms. The molecule has 2 N–H and O–H groups in total. The Labute approximate surface area is 205 Å². The second-order valence-electron chi connectivity index (χ2n) is 8.49. The van der Waals surface area contributed by atoms with Crippen molar-refractivity contribution in [1.82, 2.24) is 14.9 Å². The summed E-state index contributed by atoms with van der Waals surface area (Å²) in [6, 6.07) is 8.86. The van der Waals surface area contributed by atoms with Crippen molar-refractivity contribution in [3.8, 4) is 17.2 Å². The second-order valence-corrected chi connectivity index (χ2v) is 8.49. The number of alkyl halides is 2. The third-order valence-electron chi connectivity index (χ3n) is 6.14. The van der Waals surface area contributed by atoms with Gasteiger partial charge in [-0.25, -0.2) is 18.2 Å². The first-order chi connectivity index (χ1) is 17.2. The van der Waals surface area contributed by atoms with Crippen molar-refractivity contribution in [2.75, 3.05) is 25.5 Å². The van der Waals surface area contributed by atoms with Crippen LogP contribution in [0.15, 0.2) is 59.7 Å². The SMILES string of the molecule is COc1cc(F)ccc1Oc1ccc(NC(=O)C(C)N2CCC(F)(F)[C@@H](c3ccc(=O)[nH]c3)C2)nc1. The van der Waals surface area contributed by atoms with Gasteiger partial charge in [0.25, 0.3) is 5.92 Å². The van der Waals surface area contributed by atoms with Gasteiger partial charge in [0, 0.05) is 37.8 Å². The molecule has 1 saturated heterocycles. The fourth-order valence-corrected chi connectivity index (χ4v) is 4.03. The molecule has 1 fully saturated rings. The van der Waals surface area contributed by atoms with Crippen molar-refractivity contribution in [3.63, 3.8) is 0 Å². The number of aromatic nitrogens is 2. The Kier molecular flexibility index (Phi) is 7.30. The Bertz CT molecular complexity index is 1260. The molecule has 1 aliphatic heterocycles. The van der Waals surface area contributed by atoms with E-state index < -0.39 is 36.0 Å². The van der Waals surface area contributed by atoms with Crippen LogP contribution >= 0.6 is 0 Å². The number of piperidine rings is 1. The topological polar surface area (TPSA) is 96.5 Å². The van der Waals surface area contributed by atoms with E-state index >= 15 is 0 Å². The first-order valence-electron chi connectivity index (χ1n) is 11.2. The van der Waals surface area contributed by atoms with Crippen LogP contribution in [0.1, 0.15) is 24.8 Å². The highest BCUT2D eigenvalue weighted by atomic mass is 19.3. The first-order valence-corrected chi connectivity index (χ1v) is 11.2. The molecule has 0 bridgehead atoms. The number of carbonyl (C=O) groups is 1. The molecule has 3 heterocycles. The Morgan fingerprint density at radius 3 is 2.69 bits per heavy atom. The van der Waals surface area contributed by atoms with Gasteiger partial charge in [-0.2, -0.15) is 0 Å². The van der Waals surface area contributed by atoms with Gasteiger partial charge < -0.3 is 19.8 Å². The summed E-state index contributed by atoms with van der Waals surface area (Å²) < 4.78 is 53.4. The number of H-pyrrole nitrogens is 1. The van der Waals surface area contributed by atoms with Crippen molar-refractivity contribution in [3.05, 3.63) is 76.6 Å². The van der Waals surface area contributed by atoms with E-state index in [1.165, 1.54) is 55.9 Å². The van der Waals surface area contributed by atoms with Crippen LogP contribution in [-0.4, -0.2) is 52.9 Å². The van der Waals surface area contributed by atoms with Gasteiger partial charge in [0.2, 0.25) is 11.5 Å². The molecule has 3 aromatic rings. The molecule has 0 saturated carbocycles. The Morgan fingerprint density at radius 1 is 1.22 bits per heavy atom. The number of nitrogens with zero attached hydrogens (tertiary/aromatic N) is 2. The highest BCUT2D eigenvalue weighted by Gasteiger charge is 2.46. The predicted octanol–water partition coefficient (Wildman–Crippen LogP) is 4.16. The maximum atomic E-state index is 14.6. The fourth-order valence-electron chi connectivity index (χ4n) is 4.03. The molecule has 1 aliphatic rings. The third-order valence-corrected chi connectivity index (χ3v) is 6.14. The number of hydrogen-bond acceptors (Lipinski definition) is 6. The molecule has 0 aliphatic carbocycles. The van der Waals surface area contributed by atoms with Crippen LogP contribution in [0.25, 0.3) is 0 Å². The van der Waals surface area contributed by atoms with E-state index in [0.29, 0.717) is 17.1 Å². The molecule has 2 aromatic heterocycles. The van der Waals surface area contributed by atoms with Gasteiger partial charge in [0.15, 0.2) is 11.5 Å². The second kappa shape index (κ2) is 10.4. The van der Waals surface area contributed by atoms with Gasteiger partial charge in [-0.1, -0.05) is 6.07 Å². The normalized spacial score (nSPS) is 18.3. The molecule has 4 rings (SSSR count). The number of amides is 1. The minimum atomic E-state index is -2.96. The van der Waals surface area contributed by atoms with Crippen molar-refractivity contribution < 1.29 is 27.4 Å². The van der Waals surface area contributed by atoms with Gasteiger partial charge in [-0.3, -0.25) is 14.5 Å². The molecule has 190 valence electrons. The molecule has 11 heteroatoms. The van der Waals surface area contributed by atoms with Crippen LogP contribution in [0.2, 0.25) is 0 Å². The molecule has 0 spiro atoms. The Hall–Kier alpha value is -3.86. The summed E-state index contributed by atoms with van der Waals surface area (Å²) in [5.74, 6) is -3.88. The lowest BCUT2D eigenvalue weighted by Crippen LogP contribution is -2.52. The highest BCUT2D eigenvalue weighted by molar-refractivity contribution is 5.93. The van der Waals surface area contributed by atoms with E-state index in [9.17, 15) is 22.8 Å². The molecule has 1 amide bonds. The highest BCUT2D eigenvalue weighted by Crippen LogP contribution is 2.40. The van der Waals surface area contributed by atoms with E-state index in [1.54, 1.807) is 17.9 Å². The first kappa shape index (κ1) is 25.2. The number of ether oxygens (including phenoxy) is 2. The van der Waals surface area contributed by atoms with Gasteiger partial charge in [0.1, 0.15) is 17.4 Å². The lowest BCUT2D eigenvalue weighted by molar-refractivity contribution is -0.125. The van der Waals surface area contributed by atoms with Crippen LogP contribution in [0.3, 0.4) is 0 Å².